The molecule has 0 aliphatic carbocycles. The zero-order valence-corrected chi connectivity index (χ0v) is 16.0. The van der Waals surface area contributed by atoms with Crippen LogP contribution in [0.2, 0.25) is 0 Å². The molecule has 0 radical (unpaired) electrons. The van der Waals surface area contributed by atoms with Gasteiger partial charge >= 0.3 is 5.69 Å². The van der Waals surface area contributed by atoms with Gasteiger partial charge < -0.3 is 10.2 Å². The molecular weight excluding hydrogens is 342 g/mol. The summed E-state index contributed by atoms with van der Waals surface area (Å²) in [7, 11) is 0. The largest absolute Gasteiger partial charge is 0.353 e. The first-order valence-corrected chi connectivity index (χ1v) is 9.72. The van der Waals surface area contributed by atoms with E-state index >= 15 is 0 Å². The summed E-state index contributed by atoms with van der Waals surface area (Å²) in [6.45, 7) is 5.04. The molecule has 2 aromatic rings. The van der Waals surface area contributed by atoms with E-state index in [1.54, 1.807) is 0 Å². The maximum Gasteiger partial charge on any atom is 0.353 e. The topological polar surface area (TPSA) is 84.2 Å². The van der Waals surface area contributed by atoms with Crippen LogP contribution in [0.25, 0.3) is 0 Å². The van der Waals surface area contributed by atoms with Crippen LogP contribution in [-0.2, 0) is 6.42 Å². The SMILES string of the molecule is CCCCc1ccc(Nc2ncnc(N3CCCCC3C)c2[N+](=O)[O-])cc1. The van der Waals surface area contributed by atoms with Crippen molar-refractivity contribution >= 4 is 23.0 Å². The van der Waals surface area contributed by atoms with Gasteiger partial charge in [-0.1, -0.05) is 25.5 Å². The van der Waals surface area contributed by atoms with Gasteiger partial charge in [0.05, 0.1) is 4.92 Å². The van der Waals surface area contributed by atoms with Crippen molar-refractivity contribution < 1.29 is 4.92 Å². The molecule has 1 atom stereocenters. The highest BCUT2D eigenvalue weighted by molar-refractivity contribution is 5.74. The van der Waals surface area contributed by atoms with E-state index in [0.29, 0.717) is 5.82 Å². The lowest BCUT2D eigenvalue weighted by molar-refractivity contribution is -0.383. The van der Waals surface area contributed by atoms with Crippen LogP contribution in [-0.4, -0.2) is 27.5 Å². The van der Waals surface area contributed by atoms with Crippen LogP contribution in [0, 0.1) is 10.1 Å². The Kier molecular flexibility index (Phi) is 6.21. The monoisotopic (exact) mass is 369 g/mol. The Morgan fingerprint density at radius 3 is 2.70 bits per heavy atom. The molecule has 7 nitrogen and oxygen atoms in total. The summed E-state index contributed by atoms with van der Waals surface area (Å²) >= 11 is 0. The molecule has 1 N–H and O–H groups in total. The van der Waals surface area contributed by atoms with Crippen molar-refractivity contribution in [2.75, 3.05) is 16.8 Å². The Hall–Kier alpha value is -2.70. The van der Waals surface area contributed by atoms with Crippen molar-refractivity contribution in [1.29, 1.82) is 0 Å². The van der Waals surface area contributed by atoms with Crippen LogP contribution < -0.4 is 10.2 Å². The van der Waals surface area contributed by atoms with Gasteiger partial charge in [0, 0.05) is 18.3 Å². The summed E-state index contributed by atoms with van der Waals surface area (Å²) in [4.78, 5) is 21.9. The lowest BCUT2D eigenvalue weighted by Crippen LogP contribution is -2.38. The quantitative estimate of drug-likeness (QED) is 0.555. The van der Waals surface area contributed by atoms with Gasteiger partial charge in [0.15, 0.2) is 0 Å². The third-order valence-corrected chi connectivity index (χ3v) is 5.10. The molecule has 1 aliphatic rings. The predicted molar refractivity (Wildman–Crippen MR) is 108 cm³/mol. The fourth-order valence-electron chi connectivity index (χ4n) is 3.52. The van der Waals surface area contributed by atoms with Gasteiger partial charge in [0.1, 0.15) is 6.33 Å². The molecule has 1 fully saturated rings. The van der Waals surface area contributed by atoms with Crippen LogP contribution in [0.3, 0.4) is 0 Å². The normalized spacial score (nSPS) is 17.0. The minimum Gasteiger partial charge on any atom is -0.348 e. The van der Waals surface area contributed by atoms with Crippen molar-refractivity contribution in [1.82, 2.24) is 9.97 Å². The summed E-state index contributed by atoms with van der Waals surface area (Å²) < 4.78 is 0. The van der Waals surface area contributed by atoms with Crippen molar-refractivity contribution in [2.24, 2.45) is 0 Å². The number of aryl methyl sites for hydroxylation is 1. The van der Waals surface area contributed by atoms with E-state index in [2.05, 4.69) is 41.3 Å². The number of hydrogen-bond acceptors (Lipinski definition) is 6. The van der Waals surface area contributed by atoms with Gasteiger partial charge in [-0.15, -0.1) is 0 Å². The highest BCUT2D eigenvalue weighted by Crippen LogP contribution is 2.36. The van der Waals surface area contributed by atoms with Gasteiger partial charge in [-0.05, 0) is 56.7 Å². The first-order chi connectivity index (χ1) is 13.1. The molecule has 1 unspecified atom stereocenters. The molecule has 0 spiro atoms. The zero-order valence-electron chi connectivity index (χ0n) is 16.0. The van der Waals surface area contributed by atoms with Gasteiger partial charge in [-0.3, -0.25) is 10.1 Å². The lowest BCUT2D eigenvalue weighted by atomic mass is 10.0. The second kappa shape index (κ2) is 8.79. The Labute approximate surface area is 160 Å². The number of anilines is 3. The molecule has 0 bridgehead atoms. The Balaban J connectivity index is 1.87. The molecule has 144 valence electrons. The van der Waals surface area contributed by atoms with Gasteiger partial charge in [-0.25, -0.2) is 9.97 Å². The number of nitrogens with zero attached hydrogens (tertiary/aromatic N) is 4. The number of piperidine rings is 1. The van der Waals surface area contributed by atoms with E-state index in [0.717, 1.165) is 50.8 Å². The molecule has 1 aromatic heterocycles. The smallest absolute Gasteiger partial charge is 0.348 e. The zero-order chi connectivity index (χ0) is 19.2. The molecule has 27 heavy (non-hydrogen) atoms. The molecule has 1 aliphatic heterocycles. The van der Waals surface area contributed by atoms with Crippen LogP contribution in [0.1, 0.15) is 51.5 Å². The van der Waals surface area contributed by atoms with E-state index < -0.39 is 0 Å². The van der Waals surface area contributed by atoms with E-state index in [4.69, 9.17) is 0 Å². The van der Waals surface area contributed by atoms with Crippen molar-refractivity contribution in [2.45, 2.75) is 58.4 Å². The summed E-state index contributed by atoms with van der Waals surface area (Å²) in [5.41, 5.74) is 2.00. The number of benzene rings is 1. The van der Waals surface area contributed by atoms with Crippen LogP contribution >= 0.6 is 0 Å². The minimum absolute atomic E-state index is 0.0543. The average molecular weight is 369 g/mol. The summed E-state index contributed by atoms with van der Waals surface area (Å²) in [6.07, 6.45) is 7.94. The first-order valence-electron chi connectivity index (χ1n) is 9.72. The minimum atomic E-state index is -0.380. The lowest BCUT2D eigenvalue weighted by Gasteiger charge is -2.33. The van der Waals surface area contributed by atoms with Crippen molar-refractivity contribution in [3.63, 3.8) is 0 Å². The number of aromatic nitrogens is 2. The number of nitro groups is 1. The highest BCUT2D eigenvalue weighted by Gasteiger charge is 2.30. The van der Waals surface area contributed by atoms with E-state index in [9.17, 15) is 10.1 Å². The molecule has 7 heteroatoms. The molecule has 0 amide bonds. The molecule has 1 saturated heterocycles. The fourth-order valence-corrected chi connectivity index (χ4v) is 3.52. The number of unbranched alkanes of at least 4 members (excludes halogenated alkanes) is 1. The highest BCUT2D eigenvalue weighted by atomic mass is 16.6. The van der Waals surface area contributed by atoms with E-state index in [-0.39, 0.29) is 22.5 Å². The average Bonchev–Trinajstić information content (AvgIpc) is 2.67. The fraction of sp³-hybridized carbons (Fsp3) is 0.500. The standard InChI is InChI=1S/C20H27N5O2/c1-3-4-8-16-9-11-17(12-10-16)23-19-18(25(26)27)20(22-14-21-19)24-13-6-5-7-15(24)2/h9-12,14-15H,3-8,13H2,1-2H3,(H,21,22,23). The third kappa shape index (κ3) is 4.53. The maximum absolute atomic E-state index is 11.8. The summed E-state index contributed by atoms with van der Waals surface area (Å²) in [5.74, 6) is 0.647. The third-order valence-electron chi connectivity index (χ3n) is 5.10. The van der Waals surface area contributed by atoms with Crippen LogP contribution in [0.15, 0.2) is 30.6 Å². The van der Waals surface area contributed by atoms with Crippen molar-refractivity contribution in [3.05, 3.63) is 46.3 Å². The van der Waals surface area contributed by atoms with E-state index in [1.165, 1.54) is 11.9 Å². The Bertz CT molecular complexity index is 778. The summed E-state index contributed by atoms with van der Waals surface area (Å²) in [6, 6.07) is 8.23. The second-order valence-electron chi connectivity index (χ2n) is 7.12. The van der Waals surface area contributed by atoms with Gasteiger partial charge in [0.2, 0.25) is 11.6 Å². The van der Waals surface area contributed by atoms with Crippen LogP contribution in [0.4, 0.5) is 23.0 Å². The molecule has 2 heterocycles. The molecule has 3 rings (SSSR count). The Morgan fingerprint density at radius 2 is 2.04 bits per heavy atom. The van der Waals surface area contributed by atoms with Gasteiger partial charge in [0.25, 0.3) is 0 Å². The summed E-state index contributed by atoms with van der Waals surface area (Å²) in [5, 5.41) is 14.9. The molecule has 1 aromatic carbocycles. The molecular formula is C20H27N5O2. The second-order valence-corrected chi connectivity index (χ2v) is 7.12. The first kappa shape index (κ1) is 19.1. The Morgan fingerprint density at radius 1 is 1.26 bits per heavy atom. The maximum atomic E-state index is 11.8. The van der Waals surface area contributed by atoms with Crippen LogP contribution in [0.5, 0.6) is 0 Å². The van der Waals surface area contributed by atoms with Crippen molar-refractivity contribution in [3.8, 4) is 0 Å². The van der Waals surface area contributed by atoms with Gasteiger partial charge in [-0.2, -0.15) is 0 Å². The predicted octanol–water partition coefficient (Wildman–Crippen LogP) is 4.85. The number of rotatable bonds is 7. The molecule has 0 saturated carbocycles. The number of nitrogens with one attached hydrogen (secondary N) is 1. The van der Waals surface area contributed by atoms with E-state index in [1.807, 2.05) is 17.0 Å². The number of hydrogen-bond donors (Lipinski definition) is 1.